The van der Waals surface area contributed by atoms with Crippen LogP contribution < -0.4 is 11.1 Å². The smallest absolute Gasteiger partial charge is 0.394 e. The molecule has 0 spiro atoms. The Balaban J connectivity index is 0.000000611. The topological polar surface area (TPSA) is 260 Å². The molecule has 1 amide bonds. The number of hydrogen-bond donors (Lipinski definition) is 7. The summed E-state index contributed by atoms with van der Waals surface area (Å²) in [5.74, 6) is -3.33. The zero-order chi connectivity index (χ0) is 28.1. The van der Waals surface area contributed by atoms with Gasteiger partial charge < -0.3 is 35.8 Å². The van der Waals surface area contributed by atoms with E-state index in [1.165, 1.54) is 50.6 Å². The number of carbonyl (C=O) groups is 4. The summed E-state index contributed by atoms with van der Waals surface area (Å²) in [6.07, 6.45) is -0.451. The van der Waals surface area contributed by atoms with Crippen molar-refractivity contribution in [1.82, 2.24) is 0 Å². The van der Waals surface area contributed by atoms with Gasteiger partial charge in [0.25, 0.3) is 0 Å². The molecule has 8 N–H and O–H groups in total. The second-order valence-electron chi connectivity index (χ2n) is 6.38. The monoisotopic (exact) mass is 532 g/mol. The molecule has 16 heteroatoms. The predicted molar refractivity (Wildman–Crippen MR) is 123 cm³/mol. The van der Waals surface area contributed by atoms with Gasteiger partial charge in [-0.25, -0.2) is 9.59 Å². The van der Waals surface area contributed by atoms with Crippen LogP contribution in [0.2, 0.25) is 0 Å². The van der Waals surface area contributed by atoms with Crippen LogP contribution in [0.15, 0.2) is 36.4 Å². The first-order valence-corrected chi connectivity index (χ1v) is 10.8. The number of ether oxygens (including phenoxy) is 2. The van der Waals surface area contributed by atoms with Gasteiger partial charge in [0.05, 0.1) is 20.6 Å². The Morgan fingerprint density at radius 3 is 1.69 bits per heavy atom. The fourth-order valence-electron chi connectivity index (χ4n) is 2.17. The minimum Gasteiger partial charge on any atom is -0.507 e. The SMILES string of the molecule is COC(=O)c1ccc(N)cc1O.COC(=O)c1ccc(NC(=O)CCC(=O)O)cc1O.O=S(=O)(O)O. The number of nitrogens with two attached hydrogens (primary N) is 1. The number of esters is 2. The fourth-order valence-corrected chi connectivity index (χ4v) is 2.17. The molecule has 0 aliphatic rings. The number of carboxylic acids is 1. The molecule has 0 unspecified atom stereocenters. The van der Waals surface area contributed by atoms with Gasteiger partial charge in [0.2, 0.25) is 5.91 Å². The fraction of sp³-hybridized carbons (Fsp3) is 0.200. The number of benzene rings is 2. The lowest BCUT2D eigenvalue weighted by Crippen LogP contribution is -2.13. The van der Waals surface area contributed by atoms with Gasteiger partial charge >= 0.3 is 28.3 Å². The average molecular weight is 532 g/mol. The normalized spacial score (nSPS) is 9.89. The van der Waals surface area contributed by atoms with E-state index < -0.39 is 34.2 Å². The molecule has 2 aromatic carbocycles. The molecule has 36 heavy (non-hydrogen) atoms. The van der Waals surface area contributed by atoms with Crippen LogP contribution in [0.1, 0.15) is 33.6 Å². The predicted octanol–water partition coefficient (Wildman–Crippen LogP) is 1.09. The second kappa shape index (κ2) is 14.8. The highest BCUT2D eigenvalue weighted by Gasteiger charge is 2.13. The minimum atomic E-state index is -4.67. The number of nitrogen functional groups attached to an aromatic ring is 1. The van der Waals surface area contributed by atoms with E-state index in [-0.39, 0.29) is 41.2 Å². The van der Waals surface area contributed by atoms with E-state index in [1.54, 1.807) is 0 Å². The highest BCUT2D eigenvalue weighted by atomic mass is 32.3. The maximum atomic E-state index is 11.4. The Hall–Kier alpha value is -4.41. The second-order valence-corrected chi connectivity index (χ2v) is 7.28. The van der Waals surface area contributed by atoms with Gasteiger partial charge in [-0.05, 0) is 24.3 Å². The molecule has 0 bridgehead atoms. The Morgan fingerprint density at radius 2 is 1.31 bits per heavy atom. The van der Waals surface area contributed by atoms with E-state index in [2.05, 4.69) is 14.8 Å². The van der Waals surface area contributed by atoms with Crippen molar-refractivity contribution >= 4 is 45.6 Å². The number of hydrogen-bond acceptors (Lipinski definition) is 11. The number of aromatic hydroxyl groups is 2. The van der Waals surface area contributed by atoms with Crippen LogP contribution in [-0.2, 0) is 29.5 Å². The largest absolute Gasteiger partial charge is 0.507 e. The molecule has 0 heterocycles. The number of phenols is 2. The third kappa shape index (κ3) is 13.3. The third-order valence-corrected chi connectivity index (χ3v) is 3.68. The number of phenolic OH excluding ortho intramolecular Hbond substituents is 2. The van der Waals surface area contributed by atoms with Gasteiger partial charge in [0.1, 0.15) is 22.6 Å². The minimum absolute atomic E-state index is 0.0222. The van der Waals surface area contributed by atoms with E-state index in [0.29, 0.717) is 5.69 Å². The maximum Gasteiger partial charge on any atom is 0.394 e. The number of aliphatic carboxylic acids is 1. The van der Waals surface area contributed by atoms with Crippen molar-refractivity contribution in [3.05, 3.63) is 47.5 Å². The average Bonchev–Trinajstić information content (AvgIpc) is 2.76. The van der Waals surface area contributed by atoms with Crippen LogP contribution in [0, 0.1) is 0 Å². The summed E-state index contributed by atoms with van der Waals surface area (Å²) in [6, 6.07) is 8.12. The Labute approximate surface area is 204 Å². The van der Waals surface area contributed by atoms with Crippen molar-refractivity contribution in [2.45, 2.75) is 12.8 Å². The van der Waals surface area contributed by atoms with E-state index in [1.807, 2.05) is 0 Å². The number of anilines is 2. The molecule has 2 aromatic rings. The summed E-state index contributed by atoms with van der Waals surface area (Å²) in [6.45, 7) is 0. The summed E-state index contributed by atoms with van der Waals surface area (Å²) in [5, 5.41) is 29.6. The maximum absolute atomic E-state index is 11.4. The van der Waals surface area contributed by atoms with Crippen molar-refractivity contribution in [2.75, 3.05) is 25.3 Å². The molecular formula is C20H24N2O13S. The molecular weight excluding hydrogens is 508 g/mol. The van der Waals surface area contributed by atoms with Gasteiger partial charge in [-0.2, -0.15) is 8.42 Å². The molecule has 198 valence electrons. The Kier molecular flexibility index (Phi) is 13.0. The molecule has 0 fully saturated rings. The summed E-state index contributed by atoms with van der Waals surface area (Å²) in [5.41, 5.74) is 6.12. The van der Waals surface area contributed by atoms with Gasteiger partial charge in [0, 0.05) is 29.9 Å². The number of carboxylic acid groups (broad SMARTS) is 1. The summed E-state index contributed by atoms with van der Waals surface area (Å²) < 4.78 is 40.5. The van der Waals surface area contributed by atoms with Crippen LogP contribution in [0.3, 0.4) is 0 Å². The van der Waals surface area contributed by atoms with Crippen LogP contribution in [0.25, 0.3) is 0 Å². The van der Waals surface area contributed by atoms with E-state index in [4.69, 9.17) is 28.4 Å². The lowest BCUT2D eigenvalue weighted by molar-refractivity contribution is -0.138. The molecule has 0 saturated carbocycles. The van der Waals surface area contributed by atoms with E-state index >= 15 is 0 Å². The van der Waals surface area contributed by atoms with Gasteiger partial charge in [-0.1, -0.05) is 0 Å². The van der Waals surface area contributed by atoms with Gasteiger partial charge in [-0.3, -0.25) is 18.7 Å². The Bertz CT molecular complexity index is 1190. The van der Waals surface area contributed by atoms with Crippen molar-refractivity contribution in [1.29, 1.82) is 0 Å². The molecule has 0 aromatic heterocycles. The Morgan fingerprint density at radius 1 is 0.861 bits per heavy atom. The number of carbonyl (C=O) groups excluding carboxylic acids is 3. The molecule has 0 radical (unpaired) electrons. The van der Waals surface area contributed by atoms with Crippen molar-refractivity contribution in [2.24, 2.45) is 0 Å². The van der Waals surface area contributed by atoms with Gasteiger partial charge in [0.15, 0.2) is 0 Å². The molecule has 0 aliphatic carbocycles. The van der Waals surface area contributed by atoms with Gasteiger partial charge in [-0.15, -0.1) is 0 Å². The molecule has 0 aliphatic heterocycles. The first kappa shape index (κ1) is 31.6. The first-order chi connectivity index (χ1) is 16.6. The van der Waals surface area contributed by atoms with Crippen LogP contribution >= 0.6 is 0 Å². The lowest BCUT2D eigenvalue weighted by atomic mass is 10.1. The molecule has 15 nitrogen and oxygen atoms in total. The van der Waals surface area contributed by atoms with E-state index in [9.17, 15) is 29.4 Å². The number of rotatable bonds is 6. The first-order valence-electron chi connectivity index (χ1n) is 9.38. The zero-order valence-electron chi connectivity index (χ0n) is 18.9. The van der Waals surface area contributed by atoms with Crippen LogP contribution in [0.4, 0.5) is 11.4 Å². The number of nitrogens with one attached hydrogen (secondary N) is 1. The molecule has 2 rings (SSSR count). The summed E-state index contributed by atoms with van der Waals surface area (Å²) in [7, 11) is -2.23. The van der Waals surface area contributed by atoms with Crippen LogP contribution in [-0.4, -0.2) is 70.9 Å². The zero-order valence-corrected chi connectivity index (χ0v) is 19.7. The third-order valence-electron chi connectivity index (χ3n) is 3.68. The quantitative estimate of drug-likeness (QED) is 0.156. The van der Waals surface area contributed by atoms with Crippen molar-refractivity contribution in [3.63, 3.8) is 0 Å². The standard InChI is InChI=1S/C12H13NO6.C8H9NO3.H2O4S/c1-19-12(18)8-3-2-7(6-9(8)14)13-10(15)4-5-11(16)17;1-12-8(11)6-3-2-5(9)4-7(6)10;1-5(2,3)4/h2-3,6,14H,4-5H2,1H3,(H,13,15)(H,16,17);2-4,10H,9H2,1H3;(H2,1,2,3,4). The summed E-state index contributed by atoms with van der Waals surface area (Å²) in [4.78, 5) is 43.8. The summed E-state index contributed by atoms with van der Waals surface area (Å²) >= 11 is 0. The van der Waals surface area contributed by atoms with Crippen molar-refractivity contribution in [3.8, 4) is 11.5 Å². The molecule has 0 saturated heterocycles. The van der Waals surface area contributed by atoms with Crippen LogP contribution in [0.5, 0.6) is 11.5 Å². The van der Waals surface area contributed by atoms with Crippen molar-refractivity contribution < 1.29 is 61.5 Å². The number of amides is 1. The number of methoxy groups -OCH3 is 2. The lowest BCUT2D eigenvalue weighted by Gasteiger charge is -2.07. The molecule has 0 atom stereocenters. The highest BCUT2D eigenvalue weighted by molar-refractivity contribution is 7.79. The van der Waals surface area contributed by atoms with E-state index in [0.717, 1.165) is 0 Å². The highest BCUT2D eigenvalue weighted by Crippen LogP contribution is 2.23.